The van der Waals surface area contributed by atoms with Gasteiger partial charge in [0.2, 0.25) is 0 Å². The summed E-state index contributed by atoms with van der Waals surface area (Å²) < 4.78 is 12.0. The second-order valence-electron chi connectivity index (χ2n) is 10.5. The molecule has 5 aromatic rings. The van der Waals surface area contributed by atoms with Crippen molar-refractivity contribution < 1.29 is 30.2 Å². The number of ether oxygens (including phenoxy) is 1. The van der Waals surface area contributed by atoms with Crippen molar-refractivity contribution in [2.24, 2.45) is 0 Å². The van der Waals surface area contributed by atoms with Crippen molar-refractivity contribution in [3.8, 4) is 11.5 Å². The molecule has 202 valence electrons. The number of rotatable bonds is 4. The van der Waals surface area contributed by atoms with Gasteiger partial charge in [-0.2, -0.15) is 25.5 Å². The minimum atomic E-state index is -0.113. The van der Waals surface area contributed by atoms with Crippen LogP contribution in [-0.4, -0.2) is 19.0 Å². The molecule has 2 aliphatic rings. The van der Waals surface area contributed by atoms with Gasteiger partial charge in [0.05, 0.1) is 6.26 Å². The average molecular weight is 708 g/mol. The van der Waals surface area contributed by atoms with E-state index in [1.165, 1.54) is 5.56 Å². The van der Waals surface area contributed by atoms with Crippen molar-refractivity contribution in [1.82, 2.24) is 4.90 Å². The van der Waals surface area contributed by atoms with E-state index in [9.17, 15) is 0 Å². The third kappa shape index (κ3) is 4.36. The van der Waals surface area contributed by atoms with Crippen LogP contribution in [-0.2, 0) is 26.6 Å². The van der Waals surface area contributed by atoms with Crippen LogP contribution in [0.1, 0.15) is 19.4 Å². The van der Waals surface area contributed by atoms with E-state index in [-0.39, 0.29) is 26.6 Å². The predicted molar refractivity (Wildman–Crippen MR) is 155 cm³/mol. The molecule has 0 saturated heterocycles. The fraction of sp³-hybridized carbons (Fsp3) is 0.152. The van der Waals surface area contributed by atoms with E-state index in [2.05, 4.69) is 95.7 Å². The number of nitrogens with zero attached hydrogens (tertiary/aromatic N) is 4. The quantitative estimate of drug-likeness (QED) is 0.177. The summed E-state index contributed by atoms with van der Waals surface area (Å²) in [6, 6.07) is 33.5. The van der Waals surface area contributed by atoms with Gasteiger partial charge in [0.15, 0.2) is 0 Å². The Kier molecular flexibility index (Phi) is 6.64. The molecular formula is C33H28N4O2Pt. The first-order valence-electron chi connectivity index (χ1n) is 13.0. The van der Waals surface area contributed by atoms with E-state index in [0.717, 1.165) is 39.4 Å². The van der Waals surface area contributed by atoms with Gasteiger partial charge < -0.3 is 28.8 Å². The van der Waals surface area contributed by atoms with Crippen molar-refractivity contribution in [3.63, 3.8) is 0 Å². The minimum absolute atomic E-state index is 0. The van der Waals surface area contributed by atoms with Gasteiger partial charge in [-0.15, -0.1) is 47.8 Å². The predicted octanol–water partition coefficient (Wildman–Crippen LogP) is 7.97. The number of anilines is 5. The third-order valence-corrected chi connectivity index (χ3v) is 7.72. The Bertz CT molecular complexity index is 1700. The molecule has 0 fully saturated rings. The van der Waals surface area contributed by atoms with Gasteiger partial charge in [-0.1, -0.05) is 18.2 Å². The fourth-order valence-electron chi connectivity index (χ4n) is 5.31. The second kappa shape index (κ2) is 10.0. The van der Waals surface area contributed by atoms with Crippen molar-refractivity contribution in [2.45, 2.75) is 19.4 Å². The normalized spacial score (nSPS) is 16.1. The third-order valence-electron chi connectivity index (χ3n) is 7.72. The Balaban J connectivity index is 0.00000289. The Morgan fingerprint density at radius 1 is 0.750 bits per heavy atom. The topological polar surface area (TPSA) is 35.3 Å². The van der Waals surface area contributed by atoms with Crippen LogP contribution in [0, 0.1) is 25.5 Å². The van der Waals surface area contributed by atoms with Crippen LogP contribution in [0.2, 0.25) is 0 Å². The summed E-state index contributed by atoms with van der Waals surface area (Å²) in [5.74, 6) is 1.24. The van der Waals surface area contributed by atoms with Crippen LogP contribution in [0.4, 0.5) is 28.4 Å². The van der Waals surface area contributed by atoms with Crippen LogP contribution in [0.3, 0.4) is 0 Å². The van der Waals surface area contributed by atoms with Crippen molar-refractivity contribution >= 4 is 39.4 Å². The Morgan fingerprint density at radius 2 is 1.43 bits per heavy atom. The second-order valence-corrected chi connectivity index (χ2v) is 10.5. The summed E-state index contributed by atoms with van der Waals surface area (Å²) in [7, 11) is 4.14. The Hall–Kier alpha value is -3.73. The maximum Gasteiger partial charge on any atom is 4.00 e. The molecular weight excluding hydrogens is 679 g/mol. The number of benzene rings is 4. The number of hydrogen-bond acceptors (Lipinski definition) is 6. The monoisotopic (exact) mass is 707 g/mol. The molecule has 0 N–H and O–H groups in total. The molecule has 3 heterocycles. The summed E-state index contributed by atoms with van der Waals surface area (Å²) in [5.41, 5.74) is 7.07. The first kappa shape index (κ1) is 26.5. The molecule has 0 spiro atoms. The summed E-state index contributed by atoms with van der Waals surface area (Å²) in [6.07, 6.45) is 1.72. The smallest absolute Gasteiger partial charge is 0.509 e. The van der Waals surface area contributed by atoms with Gasteiger partial charge >= 0.3 is 21.1 Å². The van der Waals surface area contributed by atoms with Crippen LogP contribution < -0.4 is 19.4 Å². The summed E-state index contributed by atoms with van der Waals surface area (Å²) in [4.78, 5) is 8.59. The molecule has 7 rings (SSSR count). The standard InChI is InChI=1S/C33H28N4O2.Pt/c1-33(2)28-13-5-6-14-29(28)37(22-35(33)4)25-10-8-12-27(19-25)39-26-11-7-9-24(18-26)36-21-34(3)30-17-23-15-16-38-32(23)20-31(30)36;/h5-17,20-22H,1-4H3;/q-4;+4. The van der Waals surface area contributed by atoms with E-state index >= 15 is 0 Å². The van der Waals surface area contributed by atoms with Crippen molar-refractivity contribution in [1.29, 1.82) is 0 Å². The molecule has 0 unspecified atom stereocenters. The molecule has 7 heteroatoms. The van der Waals surface area contributed by atoms with Crippen LogP contribution >= 0.6 is 0 Å². The molecule has 0 atom stereocenters. The van der Waals surface area contributed by atoms with Gasteiger partial charge in [0.25, 0.3) is 0 Å². The molecule has 0 bridgehead atoms. The van der Waals surface area contributed by atoms with Gasteiger partial charge in [0.1, 0.15) is 5.58 Å². The zero-order chi connectivity index (χ0) is 26.7. The number of hydrogen-bond donors (Lipinski definition) is 0. The molecule has 40 heavy (non-hydrogen) atoms. The molecule has 6 nitrogen and oxygen atoms in total. The van der Waals surface area contributed by atoms with E-state index in [0.29, 0.717) is 11.5 Å². The minimum Gasteiger partial charge on any atom is -0.509 e. The zero-order valence-corrected chi connectivity index (χ0v) is 24.9. The maximum atomic E-state index is 6.30. The Morgan fingerprint density at radius 3 is 2.15 bits per heavy atom. The van der Waals surface area contributed by atoms with Crippen LogP contribution in [0.25, 0.3) is 11.0 Å². The van der Waals surface area contributed by atoms with E-state index in [4.69, 9.17) is 9.15 Å². The molecule has 2 aliphatic heterocycles. The molecule has 4 aromatic carbocycles. The maximum absolute atomic E-state index is 6.30. The molecule has 0 saturated carbocycles. The van der Waals surface area contributed by atoms with Crippen LogP contribution in [0.5, 0.6) is 11.5 Å². The van der Waals surface area contributed by atoms with Crippen molar-refractivity contribution in [3.05, 3.63) is 116 Å². The summed E-state index contributed by atoms with van der Waals surface area (Å²) in [5, 5.41) is 1.08. The number of para-hydroxylation sites is 1. The van der Waals surface area contributed by atoms with Gasteiger partial charge in [-0.05, 0) is 51.7 Å². The zero-order valence-electron chi connectivity index (χ0n) is 22.7. The fourth-order valence-corrected chi connectivity index (χ4v) is 5.31. The molecule has 0 radical (unpaired) electrons. The molecule has 0 amide bonds. The van der Waals surface area contributed by atoms with Crippen molar-refractivity contribution in [2.75, 3.05) is 28.8 Å². The average Bonchev–Trinajstić information content (AvgIpc) is 3.54. The largest absolute Gasteiger partial charge is 4.00 e. The molecule has 0 aliphatic carbocycles. The van der Waals surface area contributed by atoms with Gasteiger partial charge in [-0.25, -0.2) is 0 Å². The van der Waals surface area contributed by atoms with Crippen LogP contribution in [0.15, 0.2) is 89.5 Å². The van der Waals surface area contributed by atoms with E-state index < -0.39 is 0 Å². The summed E-state index contributed by atoms with van der Waals surface area (Å²) in [6.45, 7) is 8.64. The molecule has 1 aromatic heterocycles. The Labute approximate surface area is 249 Å². The summed E-state index contributed by atoms with van der Waals surface area (Å²) >= 11 is 0. The first-order chi connectivity index (χ1) is 18.9. The van der Waals surface area contributed by atoms with E-state index in [1.807, 2.05) is 56.2 Å². The van der Waals surface area contributed by atoms with E-state index in [1.54, 1.807) is 6.26 Å². The SMILES string of the molecule is CN1[CH-]N(c2[c-]c(Oc3[c-]c(N4[CH-]N(C)C(C)(C)c5ccccc54)ccc3)ccc2)c2cc3occc3cc21.[Pt+4]. The van der Waals surface area contributed by atoms with Gasteiger partial charge in [0, 0.05) is 45.6 Å². The first-order valence-corrected chi connectivity index (χ1v) is 13.0. The number of furan rings is 1. The van der Waals surface area contributed by atoms with Gasteiger partial charge in [-0.3, -0.25) is 0 Å². The number of fused-ring (bicyclic) bond motifs is 3.